The van der Waals surface area contributed by atoms with E-state index in [0.29, 0.717) is 5.69 Å². The summed E-state index contributed by atoms with van der Waals surface area (Å²) in [6.07, 6.45) is 0.901. The molecule has 104 valence electrons. The van der Waals surface area contributed by atoms with Crippen LogP contribution in [0.3, 0.4) is 0 Å². The van der Waals surface area contributed by atoms with Gasteiger partial charge in [-0.1, -0.05) is 0 Å². The van der Waals surface area contributed by atoms with E-state index in [9.17, 15) is 9.59 Å². The maximum Gasteiger partial charge on any atom is 0.414 e. The first-order chi connectivity index (χ1) is 8.69. The van der Waals surface area contributed by atoms with Gasteiger partial charge in [0.25, 0.3) is 0 Å². The molecule has 6 nitrogen and oxygen atoms in total. The number of nitrogens with one attached hydrogen (secondary N) is 2. The Morgan fingerprint density at radius 2 is 1.95 bits per heavy atom. The van der Waals surface area contributed by atoms with Crippen molar-refractivity contribution in [2.24, 2.45) is 0 Å². The summed E-state index contributed by atoms with van der Waals surface area (Å²) in [7, 11) is 0. The highest BCUT2D eigenvalue weighted by Gasteiger charge is 2.18. The van der Waals surface area contributed by atoms with Gasteiger partial charge >= 0.3 is 6.09 Å². The summed E-state index contributed by atoms with van der Waals surface area (Å²) < 4.78 is 5.13. The van der Waals surface area contributed by atoms with Crippen molar-refractivity contribution in [3.05, 3.63) is 17.8 Å². The number of amides is 2. The van der Waals surface area contributed by atoms with Gasteiger partial charge in [-0.3, -0.25) is 4.79 Å². The molecule has 1 heterocycles. The molecule has 1 aromatic rings. The molecule has 0 bridgehead atoms. The Morgan fingerprint density at radius 3 is 2.47 bits per heavy atom. The Balaban J connectivity index is 2.92. The number of carbonyl (C=O) groups excluding carboxylic acids is 2. The Morgan fingerprint density at radius 1 is 1.32 bits per heavy atom. The van der Waals surface area contributed by atoms with Gasteiger partial charge in [-0.2, -0.15) is 0 Å². The van der Waals surface area contributed by atoms with Crippen molar-refractivity contribution in [2.75, 3.05) is 5.32 Å². The average Bonchev–Trinajstić information content (AvgIpc) is 2.19. The molecule has 2 amide bonds. The smallest absolute Gasteiger partial charge is 0.389 e. The van der Waals surface area contributed by atoms with Gasteiger partial charge in [-0.05, 0) is 39.3 Å². The van der Waals surface area contributed by atoms with Crippen LogP contribution >= 0.6 is 0 Å². The molecule has 0 aliphatic rings. The highest BCUT2D eigenvalue weighted by molar-refractivity contribution is 5.91. The van der Waals surface area contributed by atoms with Gasteiger partial charge in [0.2, 0.25) is 11.8 Å². The molecule has 2 N–H and O–H groups in total. The molecule has 1 aromatic heterocycles. The van der Waals surface area contributed by atoms with Gasteiger partial charge in [0.15, 0.2) is 0 Å². The van der Waals surface area contributed by atoms with Crippen LogP contribution in [0.15, 0.2) is 12.3 Å². The standard InChI is InChI=1S/C13H19N3O3/c1-8-6-7-14-11(10(8)15-9(2)17)19-12(18)16-13(3,4)5/h6-7H,1-5H3,(H,15,17)(H,16,18). The monoisotopic (exact) mass is 265 g/mol. The number of aromatic nitrogens is 1. The van der Waals surface area contributed by atoms with E-state index in [0.717, 1.165) is 5.56 Å². The summed E-state index contributed by atoms with van der Waals surface area (Å²) in [5, 5.41) is 5.26. The predicted molar refractivity (Wildman–Crippen MR) is 72.2 cm³/mol. The quantitative estimate of drug-likeness (QED) is 0.859. The number of nitrogens with zero attached hydrogens (tertiary/aromatic N) is 1. The van der Waals surface area contributed by atoms with Gasteiger partial charge in [-0.25, -0.2) is 9.78 Å². The summed E-state index contributed by atoms with van der Waals surface area (Å²) in [4.78, 5) is 26.8. The fourth-order valence-electron chi connectivity index (χ4n) is 1.36. The van der Waals surface area contributed by atoms with E-state index in [4.69, 9.17) is 4.74 Å². The lowest BCUT2D eigenvalue weighted by Gasteiger charge is -2.20. The maximum atomic E-state index is 11.7. The number of rotatable bonds is 2. The van der Waals surface area contributed by atoms with Crippen LogP contribution in [0.1, 0.15) is 33.3 Å². The second kappa shape index (κ2) is 5.69. The molecule has 0 unspecified atom stereocenters. The van der Waals surface area contributed by atoms with Gasteiger partial charge in [0, 0.05) is 18.7 Å². The molecule has 0 radical (unpaired) electrons. The van der Waals surface area contributed by atoms with Gasteiger partial charge in [0.1, 0.15) is 5.69 Å². The van der Waals surface area contributed by atoms with Crippen molar-refractivity contribution in [1.29, 1.82) is 0 Å². The summed E-state index contributed by atoms with van der Waals surface area (Å²) in [6.45, 7) is 8.69. The zero-order valence-corrected chi connectivity index (χ0v) is 11.8. The third-order valence-corrected chi connectivity index (χ3v) is 2.09. The third-order valence-electron chi connectivity index (χ3n) is 2.09. The minimum atomic E-state index is -0.614. The fourth-order valence-corrected chi connectivity index (χ4v) is 1.36. The van der Waals surface area contributed by atoms with E-state index >= 15 is 0 Å². The average molecular weight is 265 g/mol. The van der Waals surface area contributed by atoms with Crippen LogP contribution < -0.4 is 15.4 Å². The third kappa shape index (κ3) is 4.95. The summed E-state index contributed by atoms with van der Waals surface area (Å²) >= 11 is 0. The van der Waals surface area contributed by atoms with Crippen LogP contribution in [0.2, 0.25) is 0 Å². The highest BCUT2D eigenvalue weighted by atomic mass is 16.6. The van der Waals surface area contributed by atoms with E-state index in [1.165, 1.54) is 13.1 Å². The largest absolute Gasteiger partial charge is 0.414 e. The number of pyridine rings is 1. The van der Waals surface area contributed by atoms with Crippen LogP contribution in [-0.2, 0) is 4.79 Å². The van der Waals surface area contributed by atoms with Crippen LogP contribution in [0, 0.1) is 6.92 Å². The van der Waals surface area contributed by atoms with Crippen molar-refractivity contribution in [2.45, 2.75) is 40.2 Å². The molecular weight excluding hydrogens is 246 g/mol. The van der Waals surface area contributed by atoms with Gasteiger partial charge < -0.3 is 15.4 Å². The van der Waals surface area contributed by atoms with E-state index in [1.54, 1.807) is 13.0 Å². The molecule has 0 spiro atoms. The van der Waals surface area contributed by atoms with E-state index in [2.05, 4.69) is 15.6 Å². The van der Waals surface area contributed by atoms with Gasteiger partial charge in [-0.15, -0.1) is 0 Å². The van der Waals surface area contributed by atoms with E-state index < -0.39 is 11.6 Å². The van der Waals surface area contributed by atoms with E-state index in [-0.39, 0.29) is 11.8 Å². The number of anilines is 1. The zero-order valence-electron chi connectivity index (χ0n) is 11.8. The lowest BCUT2D eigenvalue weighted by Crippen LogP contribution is -2.42. The number of hydrogen-bond acceptors (Lipinski definition) is 4. The Kier molecular flexibility index (Phi) is 4.47. The molecule has 0 fully saturated rings. The lowest BCUT2D eigenvalue weighted by molar-refractivity contribution is -0.114. The van der Waals surface area contributed by atoms with Crippen molar-refractivity contribution in [3.8, 4) is 5.88 Å². The van der Waals surface area contributed by atoms with Crippen molar-refractivity contribution < 1.29 is 14.3 Å². The van der Waals surface area contributed by atoms with Crippen LogP contribution in [0.4, 0.5) is 10.5 Å². The first-order valence-electron chi connectivity index (χ1n) is 5.92. The molecule has 6 heteroatoms. The summed E-state index contributed by atoms with van der Waals surface area (Å²) in [5.74, 6) is -0.172. The maximum absolute atomic E-state index is 11.7. The molecule has 0 saturated carbocycles. The van der Waals surface area contributed by atoms with Crippen LogP contribution in [-0.4, -0.2) is 22.5 Å². The number of carbonyl (C=O) groups is 2. The second-order valence-corrected chi connectivity index (χ2v) is 5.25. The number of hydrogen-bond donors (Lipinski definition) is 2. The first-order valence-corrected chi connectivity index (χ1v) is 5.92. The first kappa shape index (κ1) is 14.9. The normalized spacial score (nSPS) is 10.8. The molecule has 0 atom stereocenters. The molecule has 1 rings (SSSR count). The number of aryl methyl sites for hydroxylation is 1. The fraction of sp³-hybridized carbons (Fsp3) is 0.462. The molecule has 0 saturated heterocycles. The Bertz CT molecular complexity index is 492. The zero-order chi connectivity index (χ0) is 14.6. The summed E-state index contributed by atoms with van der Waals surface area (Å²) in [5.41, 5.74) is 0.762. The molecular formula is C13H19N3O3. The van der Waals surface area contributed by atoms with Crippen molar-refractivity contribution in [1.82, 2.24) is 10.3 Å². The predicted octanol–water partition coefficient (Wildman–Crippen LogP) is 2.24. The van der Waals surface area contributed by atoms with Gasteiger partial charge in [0.05, 0.1) is 0 Å². The van der Waals surface area contributed by atoms with E-state index in [1.807, 2.05) is 20.8 Å². The molecule has 0 aliphatic carbocycles. The SMILES string of the molecule is CC(=O)Nc1c(C)ccnc1OC(=O)NC(C)(C)C. The van der Waals surface area contributed by atoms with Crippen LogP contribution in [0.25, 0.3) is 0 Å². The van der Waals surface area contributed by atoms with Crippen LogP contribution in [0.5, 0.6) is 5.88 Å². The minimum Gasteiger partial charge on any atom is -0.389 e. The Labute approximate surface area is 112 Å². The second-order valence-electron chi connectivity index (χ2n) is 5.25. The molecule has 0 aromatic carbocycles. The van der Waals surface area contributed by atoms with Crippen molar-refractivity contribution in [3.63, 3.8) is 0 Å². The highest BCUT2D eigenvalue weighted by Crippen LogP contribution is 2.25. The molecule has 0 aliphatic heterocycles. The Hall–Kier alpha value is -2.11. The minimum absolute atomic E-state index is 0.0805. The topological polar surface area (TPSA) is 80.3 Å². The summed E-state index contributed by atoms with van der Waals surface area (Å²) in [6, 6.07) is 1.72. The number of ether oxygens (including phenoxy) is 1. The molecule has 19 heavy (non-hydrogen) atoms. The lowest BCUT2D eigenvalue weighted by atomic mass is 10.1. The van der Waals surface area contributed by atoms with Crippen molar-refractivity contribution >= 4 is 17.7 Å².